The van der Waals surface area contributed by atoms with Crippen molar-refractivity contribution < 1.29 is 4.79 Å². The molecule has 0 aliphatic carbocycles. The maximum absolute atomic E-state index is 11.5. The summed E-state index contributed by atoms with van der Waals surface area (Å²) in [6.07, 6.45) is 7.13. The van der Waals surface area contributed by atoms with Crippen molar-refractivity contribution in [3.63, 3.8) is 0 Å². The molecule has 0 fully saturated rings. The molecule has 0 aliphatic heterocycles. The van der Waals surface area contributed by atoms with Gasteiger partial charge in [-0.2, -0.15) is 0 Å². The lowest BCUT2D eigenvalue weighted by molar-refractivity contribution is -0.121. The SMILES string of the molecule is C#CCNC(=O)CN(C)Cc1ccc(SC)cc1. The highest BCUT2D eigenvalue weighted by Gasteiger charge is 2.06. The van der Waals surface area contributed by atoms with Crippen LogP contribution in [0, 0.1) is 12.3 Å². The van der Waals surface area contributed by atoms with E-state index in [4.69, 9.17) is 6.42 Å². The largest absolute Gasteiger partial charge is 0.344 e. The molecule has 96 valence electrons. The lowest BCUT2D eigenvalue weighted by atomic mass is 10.2. The summed E-state index contributed by atoms with van der Waals surface area (Å²) in [6.45, 7) is 1.39. The molecule has 0 aliphatic rings. The number of thioether (sulfide) groups is 1. The number of carbonyl (C=O) groups excluding carboxylic acids is 1. The van der Waals surface area contributed by atoms with Crippen molar-refractivity contribution in [3.8, 4) is 12.3 Å². The lowest BCUT2D eigenvalue weighted by Crippen LogP contribution is -2.34. The van der Waals surface area contributed by atoms with Crippen LogP contribution in [0.15, 0.2) is 29.2 Å². The minimum Gasteiger partial charge on any atom is -0.344 e. The van der Waals surface area contributed by atoms with Crippen LogP contribution >= 0.6 is 11.8 Å². The highest BCUT2D eigenvalue weighted by molar-refractivity contribution is 7.98. The van der Waals surface area contributed by atoms with Crippen LogP contribution in [0.4, 0.5) is 0 Å². The van der Waals surface area contributed by atoms with E-state index in [0.29, 0.717) is 6.54 Å². The third-order valence-corrected chi connectivity index (χ3v) is 3.16. The molecule has 0 aromatic heterocycles. The maximum Gasteiger partial charge on any atom is 0.234 e. The summed E-state index contributed by atoms with van der Waals surface area (Å²) in [4.78, 5) is 14.7. The highest BCUT2D eigenvalue weighted by Crippen LogP contribution is 2.15. The van der Waals surface area contributed by atoms with E-state index in [0.717, 1.165) is 6.54 Å². The van der Waals surface area contributed by atoms with E-state index in [1.54, 1.807) is 11.8 Å². The van der Waals surface area contributed by atoms with Crippen LogP contribution in [0.25, 0.3) is 0 Å². The third-order valence-electron chi connectivity index (χ3n) is 2.41. The van der Waals surface area contributed by atoms with E-state index in [2.05, 4.69) is 41.8 Å². The van der Waals surface area contributed by atoms with Crippen molar-refractivity contribution in [2.75, 3.05) is 26.4 Å². The van der Waals surface area contributed by atoms with Gasteiger partial charge in [-0.15, -0.1) is 18.2 Å². The number of amides is 1. The first-order valence-electron chi connectivity index (χ1n) is 5.67. The molecule has 1 rings (SSSR count). The van der Waals surface area contributed by atoms with Gasteiger partial charge >= 0.3 is 0 Å². The van der Waals surface area contributed by atoms with Crippen LogP contribution in [0.2, 0.25) is 0 Å². The van der Waals surface area contributed by atoms with Gasteiger partial charge in [0.2, 0.25) is 5.91 Å². The van der Waals surface area contributed by atoms with Crippen LogP contribution < -0.4 is 5.32 Å². The Balaban J connectivity index is 2.41. The van der Waals surface area contributed by atoms with Crippen LogP contribution in [-0.2, 0) is 11.3 Å². The molecule has 0 spiro atoms. The Hall–Kier alpha value is -1.44. The molecule has 1 aromatic rings. The average Bonchev–Trinajstić information content (AvgIpc) is 2.37. The Morgan fingerprint density at radius 2 is 2.11 bits per heavy atom. The predicted molar refractivity (Wildman–Crippen MR) is 76.4 cm³/mol. The number of hydrogen-bond acceptors (Lipinski definition) is 3. The molecule has 18 heavy (non-hydrogen) atoms. The number of hydrogen-bond donors (Lipinski definition) is 1. The van der Waals surface area contributed by atoms with Crippen molar-refractivity contribution in [2.24, 2.45) is 0 Å². The van der Waals surface area contributed by atoms with E-state index in [9.17, 15) is 4.79 Å². The van der Waals surface area contributed by atoms with Crippen molar-refractivity contribution in [3.05, 3.63) is 29.8 Å². The van der Waals surface area contributed by atoms with Gasteiger partial charge in [-0.05, 0) is 31.0 Å². The number of terminal acetylenes is 1. The van der Waals surface area contributed by atoms with Crippen molar-refractivity contribution in [1.29, 1.82) is 0 Å². The summed E-state index contributed by atoms with van der Waals surface area (Å²) in [6, 6.07) is 8.35. The molecule has 0 bridgehead atoms. The first-order valence-corrected chi connectivity index (χ1v) is 6.90. The Kier molecular flexibility index (Phi) is 6.34. The second-order valence-corrected chi connectivity index (χ2v) is 4.88. The minimum absolute atomic E-state index is 0.0452. The molecule has 0 heterocycles. The lowest BCUT2D eigenvalue weighted by Gasteiger charge is -2.16. The summed E-state index contributed by atoms with van der Waals surface area (Å²) < 4.78 is 0. The zero-order valence-electron chi connectivity index (χ0n) is 10.8. The topological polar surface area (TPSA) is 32.3 Å². The third kappa shape index (κ3) is 5.26. The monoisotopic (exact) mass is 262 g/mol. The van der Waals surface area contributed by atoms with Crippen molar-refractivity contribution in [1.82, 2.24) is 10.2 Å². The molecule has 3 nitrogen and oxygen atoms in total. The number of nitrogens with zero attached hydrogens (tertiary/aromatic N) is 1. The summed E-state index contributed by atoms with van der Waals surface area (Å²) in [7, 11) is 1.91. The molecular weight excluding hydrogens is 244 g/mol. The predicted octanol–water partition coefficient (Wildman–Crippen LogP) is 1.59. The normalized spacial score (nSPS) is 10.1. The van der Waals surface area contributed by atoms with Gasteiger partial charge in [-0.25, -0.2) is 0 Å². The number of carbonyl (C=O) groups is 1. The fourth-order valence-corrected chi connectivity index (χ4v) is 1.96. The Labute approximate surface area is 113 Å². The molecule has 0 atom stereocenters. The summed E-state index contributed by atoms with van der Waals surface area (Å²) >= 11 is 1.72. The second kappa shape index (κ2) is 7.80. The van der Waals surface area contributed by atoms with Gasteiger partial charge in [-0.1, -0.05) is 18.1 Å². The average molecular weight is 262 g/mol. The molecule has 1 amide bonds. The summed E-state index contributed by atoms with van der Waals surface area (Å²) in [5.41, 5.74) is 1.19. The fraction of sp³-hybridized carbons (Fsp3) is 0.357. The fourth-order valence-electron chi connectivity index (χ4n) is 1.55. The standard InChI is InChI=1S/C14H18N2OS/c1-4-9-15-14(17)11-16(2)10-12-5-7-13(18-3)8-6-12/h1,5-8H,9-11H2,2-3H3,(H,15,17). The smallest absolute Gasteiger partial charge is 0.234 e. The Bertz CT molecular complexity index is 422. The van der Waals surface area contributed by atoms with E-state index in [1.807, 2.05) is 11.9 Å². The van der Waals surface area contributed by atoms with E-state index < -0.39 is 0 Å². The zero-order chi connectivity index (χ0) is 13.4. The first-order chi connectivity index (χ1) is 8.65. The van der Waals surface area contributed by atoms with E-state index in [-0.39, 0.29) is 12.5 Å². The first kappa shape index (κ1) is 14.6. The summed E-state index contributed by atoms with van der Waals surface area (Å²) in [5, 5.41) is 2.65. The maximum atomic E-state index is 11.5. The van der Waals surface area contributed by atoms with Crippen LogP contribution in [0.1, 0.15) is 5.56 Å². The Morgan fingerprint density at radius 1 is 1.44 bits per heavy atom. The minimum atomic E-state index is -0.0452. The van der Waals surface area contributed by atoms with Gasteiger partial charge < -0.3 is 5.32 Å². The quantitative estimate of drug-likeness (QED) is 0.624. The van der Waals surface area contributed by atoms with Crippen molar-refractivity contribution in [2.45, 2.75) is 11.4 Å². The zero-order valence-corrected chi connectivity index (χ0v) is 11.6. The summed E-state index contributed by atoms with van der Waals surface area (Å²) in [5.74, 6) is 2.34. The molecule has 0 radical (unpaired) electrons. The van der Waals surface area contributed by atoms with Gasteiger partial charge in [-0.3, -0.25) is 9.69 Å². The number of benzene rings is 1. The van der Waals surface area contributed by atoms with Crippen molar-refractivity contribution >= 4 is 17.7 Å². The molecule has 0 unspecified atom stereocenters. The van der Waals surface area contributed by atoms with Gasteiger partial charge in [0.1, 0.15) is 0 Å². The molecule has 1 aromatic carbocycles. The Morgan fingerprint density at radius 3 is 2.67 bits per heavy atom. The van der Waals surface area contributed by atoms with Crippen LogP contribution in [0.3, 0.4) is 0 Å². The second-order valence-electron chi connectivity index (χ2n) is 4.00. The van der Waals surface area contributed by atoms with E-state index in [1.165, 1.54) is 10.5 Å². The molecular formula is C14H18N2OS. The van der Waals surface area contributed by atoms with E-state index >= 15 is 0 Å². The van der Waals surface area contributed by atoms with Gasteiger partial charge in [0, 0.05) is 11.4 Å². The molecule has 4 heteroatoms. The van der Waals surface area contributed by atoms with Crippen LogP contribution in [-0.4, -0.2) is 37.2 Å². The number of likely N-dealkylation sites (N-methyl/N-ethyl adjacent to an activating group) is 1. The van der Waals surface area contributed by atoms with Gasteiger partial charge in [0.25, 0.3) is 0 Å². The van der Waals surface area contributed by atoms with Gasteiger partial charge in [0.05, 0.1) is 13.1 Å². The molecule has 0 saturated heterocycles. The highest BCUT2D eigenvalue weighted by atomic mass is 32.2. The number of nitrogens with one attached hydrogen (secondary N) is 1. The van der Waals surface area contributed by atoms with Gasteiger partial charge in [0.15, 0.2) is 0 Å². The number of rotatable bonds is 6. The molecule has 0 saturated carbocycles. The van der Waals surface area contributed by atoms with Crippen LogP contribution in [0.5, 0.6) is 0 Å². The molecule has 1 N–H and O–H groups in total.